The van der Waals surface area contributed by atoms with Crippen LogP contribution in [-0.2, 0) is 20.7 Å². The van der Waals surface area contributed by atoms with Gasteiger partial charge < -0.3 is 14.4 Å². The SMILES string of the molecule is COCCC1COCCN1C(=O)C1CCCc2n[nH]nc21. The first-order valence-electron chi connectivity index (χ1n) is 7.58. The Balaban J connectivity index is 1.74. The Hall–Kier alpha value is -1.47. The van der Waals surface area contributed by atoms with Gasteiger partial charge in [-0.3, -0.25) is 4.79 Å². The molecule has 0 radical (unpaired) electrons. The number of hydrogen-bond donors (Lipinski definition) is 1. The van der Waals surface area contributed by atoms with Crippen LogP contribution < -0.4 is 0 Å². The second-order valence-electron chi connectivity index (χ2n) is 5.64. The molecule has 1 aliphatic heterocycles. The van der Waals surface area contributed by atoms with Crippen molar-refractivity contribution in [2.24, 2.45) is 0 Å². The van der Waals surface area contributed by atoms with Gasteiger partial charge in [-0.15, -0.1) is 0 Å². The van der Waals surface area contributed by atoms with Crippen LogP contribution in [-0.4, -0.2) is 65.7 Å². The third-order valence-corrected chi connectivity index (χ3v) is 4.35. The molecule has 1 aliphatic carbocycles. The minimum Gasteiger partial charge on any atom is -0.385 e. The van der Waals surface area contributed by atoms with Crippen LogP contribution in [0, 0.1) is 0 Å². The number of carbonyl (C=O) groups is 1. The van der Waals surface area contributed by atoms with Gasteiger partial charge in [0.1, 0.15) is 0 Å². The Morgan fingerprint density at radius 1 is 1.52 bits per heavy atom. The number of amides is 1. The van der Waals surface area contributed by atoms with Crippen molar-refractivity contribution in [2.45, 2.75) is 37.6 Å². The lowest BCUT2D eigenvalue weighted by molar-refractivity contribution is -0.142. The van der Waals surface area contributed by atoms with Gasteiger partial charge in [0.2, 0.25) is 5.91 Å². The van der Waals surface area contributed by atoms with E-state index in [2.05, 4.69) is 15.4 Å². The van der Waals surface area contributed by atoms with Crippen LogP contribution in [0.25, 0.3) is 0 Å². The summed E-state index contributed by atoms with van der Waals surface area (Å²) >= 11 is 0. The summed E-state index contributed by atoms with van der Waals surface area (Å²) in [6.07, 6.45) is 3.56. The quantitative estimate of drug-likeness (QED) is 0.874. The second kappa shape index (κ2) is 6.53. The van der Waals surface area contributed by atoms with Gasteiger partial charge >= 0.3 is 0 Å². The number of aromatic amines is 1. The fourth-order valence-electron chi connectivity index (χ4n) is 3.21. The molecule has 1 fully saturated rings. The van der Waals surface area contributed by atoms with Crippen molar-refractivity contribution < 1.29 is 14.3 Å². The van der Waals surface area contributed by atoms with Crippen molar-refractivity contribution in [1.29, 1.82) is 0 Å². The topological polar surface area (TPSA) is 80.3 Å². The molecule has 2 atom stereocenters. The van der Waals surface area contributed by atoms with Crippen LogP contribution >= 0.6 is 0 Å². The molecule has 0 spiro atoms. The van der Waals surface area contributed by atoms with E-state index in [0.29, 0.717) is 26.4 Å². The van der Waals surface area contributed by atoms with E-state index in [1.165, 1.54) is 0 Å². The highest BCUT2D eigenvalue weighted by molar-refractivity contribution is 5.84. The fraction of sp³-hybridized carbons (Fsp3) is 0.786. The van der Waals surface area contributed by atoms with Crippen LogP contribution in [0.15, 0.2) is 0 Å². The number of ether oxygens (including phenoxy) is 2. The lowest BCUT2D eigenvalue weighted by Crippen LogP contribution is -2.51. The van der Waals surface area contributed by atoms with Crippen LogP contribution in [0.1, 0.15) is 36.6 Å². The molecule has 1 saturated heterocycles. The summed E-state index contributed by atoms with van der Waals surface area (Å²) < 4.78 is 10.7. The Morgan fingerprint density at radius 2 is 2.43 bits per heavy atom. The van der Waals surface area contributed by atoms with Gasteiger partial charge in [-0.05, 0) is 25.7 Å². The van der Waals surface area contributed by atoms with E-state index in [0.717, 1.165) is 37.1 Å². The molecule has 7 nitrogen and oxygen atoms in total. The standard InChI is InChI=1S/C14H22N4O3/c1-20-7-5-10-9-21-8-6-18(10)14(19)11-3-2-4-12-13(11)16-17-15-12/h10-11H,2-9H2,1H3,(H,15,16,17). The number of aromatic nitrogens is 3. The maximum absolute atomic E-state index is 12.9. The molecule has 2 heterocycles. The summed E-state index contributed by atoms with van der Waals surface area (Å²) in [5.74, 6) is 0.00454. The number of fused-ring (bicyclic) bond motifs is 1. The minimum atomic E-state index is -0.157. The predicted molar refractivity (Wildman–Crippen MR) is 74.9 cm³/mol. The highest BCUT2D eigenvalue weighted by atomic mass is 16.5. The first kappa shape index (κ1) is 14.5. The summed E-state index contributed by atoms with van der Waals surface area (Å²) in [4.78, 5) is 14.9. The van der Waals surface area contributed by atoms with Crippen molar-refractivity contribution in [3.8, 4) is 0 Å². The van der Waals surface area contributed by atoms with E-state index < -0.39 is 0 Å². The van der Waals surface area contributed by atoms with Gasteiger partial charge in [-0.25, -0.2) is 0 Å². The monoisotopic (exact) mass is 294 g/mol. The number of nitrogens with one attached hydrogen (secondary N) is 1. The van der Waals surface area contributed by atoms with Gasteiger partial charge in [-0.2, -0.15) is 15.4 Å². The third kappa shape index (κ3) is 2.94. The number of hydrogen-bond acceptors (Lipinski definition) is 5. The Bertz CT molecular complexity index is 490. The number of methoxy groups -OCH3 is 1. The van der Waals surface area contributed by atoms with Crippen molar-refractivity contribution >= 4 is 5.91 Å². The first-order valence-corrected chi connectivity index (χ1v) is 7.58. The lowest BCUT2D eigenvalue weighted by atomic mass is 9.88. The maximum Gasteiger partial charge on any atom is 0.232 e. The predicted octanol–water partition coefficient (Wildman–Crippen LogP) is 0.488. The summed E-state index contributed by atoms with van der Waals surface area (Å²) in [6, 6.07) is 0.100. The van der Waals surface area contributed by atoms with E-state index in [9.17, 15) is 4.79 Å². The summed E-state index contributed by atoms with van der Waals surface area (Å²) in [7, 11) is 1.68. The van der Waals surface area contributed by atoms with Crippen molar-refractivity contribution in [3.05, 3.63) is 11.4 Å². The molecule has 21 heavy (non-hydrogen) atoms. The van der Waals surface area contributed by atoms with E-state index in [-0.39, 0.29) is 17.9 Å². The zero-order valence-corrected chi connectivity index (χ0v) is 12.4. The number of H-pyrrole nitrogens is 1. The molecule has 1 amide bonds. The normalized spacial score (nSPS) is 25.7. The van der Waals surface area contributed by atoms with Gasteiger partial charge in [-0.1, -0.05) is 0 Å². The molecule has 0 aromatic carbocycles. The average Bonchev–Trinajstić information content (AvgIpc) is 3.01. The molecule has 3 rings (SSSR count). The van der Waals surface area contributed by atoms with Gasteiger partial charge in [0.05, 0.1) is 36.6 Å². The molecular weight excluding hydrogens is 272 g/mol. The summed E-state index contributed by atoms with van der Waals surface area (Å²) in [6.45, 7) is 2.48. The highest BCUT2D eigenvalue weighted by Crippen LogP contribution is 2.31. The average molecular weight is 294 g/mol. The summed E-state index contributed by atoms with van der Waals surface area (Å²) in [5, 5.41) is 11.0. The van der Waals surface area contributed by atoms with Gasteiger partial charge in [0.25, 0.3) is 0 Å². The number of morpholine rings is 1. The van der Waals surface area contributed by atoms with Crippen LogP contribution in [0.3, 0.4) is 0 Å². The summed E-state index contributed by atoms with van der Waals surface area (Å²) in [5.41, 5.74) is 1.78. The zero-order valence-electron chi connectivity index (χ0n) is 12.4. The molecule has 2 unspecified atom stereocenters. The highest BCUT2D eigenvalue weighted by Gasteiger charge is 2.36. The minimum absolute atomic E-state index is 0.100. The van der Waals surface area contributed by atoms with Crippen LogP contribution in [0.4, 0.5) is 0 Å². The molecule has 0 bridgehead atoms. The van der Waals surface area contributed by atoms with E-state index in [1.807, 2.05) is 4.90 Å². The molecule has 0 saturated carbocycles. The lowest BCUT2D eigenvalue weighted by Gasteiger charge is -2.38. The van der Waals surface area contributed by atoms with Crippen LogP contribution in [0.5, 0.6) is 0 Å². The Kier molecular flexibility index (Phi) is 4.50. The molecule has 116 valence electrons. The third-order valence-electron chi connectivity index (χ3n) is 4.35. The fourth-order valence-corrected chi connectivity index (χ4v) is 3.21. The number of aryl methyl sites for hydroxylation is 1. The number of rotatable bonds is 4. The zero-order chi connectivity index (χ0) is 14.7. The van der Waals surface area contributed by atoms with E-state index >= 15 is 0 Å². The number of carbonyl (C=O) groups excluding carboxylic acids is 1. The van der Waals surface area contributed by atoms with Crippen molar-refractivity contribution in [3.63, 3.8) is 0 Å². The van der Waals surface area contributed by atoms with Crippen molar-refractivity contribution in [2.75, 3.05) is 33.5 Å². The number of nitrogens with zero attached hydrogens (tertiary/aromatic N) is 3. The van der Waals surface area contributed by atoms with Gasteiger partial charge in [0.15, 0.2) is 0 Å². The first-order chi connectivity index (χ1) is 10.3. The molecular formula is C14H22N4O3. The Labute approximate surface area is 124 Å². The molecule has 2 aliphatic rings. The molecule has 1 N–H and O–H groups in total. The molecule has 7 heteroatoms. The van der Waals surface area contributed by atoms with Crippen molar-refractivity contribution in [1.82, 2.24) is 20.3 Å². The molecule has 1 aromatic rings. The second-order valence-corrected chi connectivity index (χ2v) is 5.64. The smallest absolute Gasteiger partial charge is 0.232 e. The van der Waals surface area contributed by atoms with E-state index in [1.54, 1.807) is 7.11 Å². The van der Waals surface area contributed by atoms with Gasteiger partial charge in [0, 0.05) is 20.3 Å². The van der Waals surface area contributed by atoms with Crippen LogP contribution in [0.2, 0.25) is 0 Å². The maximum atomic E-state index is 12.9. The Morgan fingerprint density at radius 3 is 3.29 bits per heavy atom. The van der Waals surface area contributed by atoms with E-state index in [4.69, 9.17) is 9.47 Å². The molecule has 1 aromatic heterocycles. The largest absolute Gasteiger partial charge is 0.385 e.